The molecule has 22 heavy (non-hydrogen) atoms. The van der Waals surface area contributed by atoms with E-state index in [4.69, 9.17) is 0 Å². The Hall–Kier alpha value is -2.95. The summed E-state index contributed by atoms with van der Waals surface area (Å²) in [4.78, 5) is 18.5. The van der Waals surface area contributed by atoms with E-state index in [1.54, 1.807) is 29.6 Å². The quantitative estimate of drug-likeness (QED) is 0.690. The molecule has 0 unspecified atom stereocenters. The van der Waals surface area contributed by atoms with Crippen molar-refractivity contribution in [2.75, 3.05) is 4.90 Å². The Morgan fingerprint density at radius 2 is 1.86 bits per heavy atom. The fourth-order valence-electron chi connectivity index (χ4n) is 2.77. The molecule has 3 aromatic rings. The number of fused-ring (bicyclic) bond motifs is 3. The SMILES string of the molecule is O=C(c1ccccc1F)N1Cn2cncc2-c2ccccc21. The van der Waals surface area contributed by atoms with Gasteiger partial charge in [0.1, 0.15) is 12.5 Å². The molecule has 0 atom stereocenters. The zero-order chi connectivity index (χ0) is 15.1. The molecular weight excluding hydrogens is 281 g/mol. The third kappa shape index (κ3) is 1.83. The maximum Gasteiger partial charge on any atom is 0.262 e. The Bertz CT molecular complexity index is 872. The molecule has 0 aliphatic carbocycles. The van der Waals surface area contributed by atoms with Crippen LogP contribution < -0.4 is 4.90 Å². The van der Waals surface area contributed by atoms with Gasteiger partial charge in [-0.25, -0.2) is 9.37 Å². The number of imidazole rings is 1. The number of hydrogen-bond acceptors (Lipinski definition) is 2. The Labute approximate surface area is 126 Å². The number of hydrogen-bond donors (Lipinski definition) is 0. The molecule has 4 rings (SSSR count). The van der Waals surface area contributed by atoms with Gasteiger partial charge in [0.15, 0.2) is 0 Å². The Kier molecular flexibility index (Phi) is 2.79. The number of halogens is 1. The smallest absolute Gasteiger partial charge is 0.262 e. The number of carbonyl (C=O) groups excluding carboxylic acids is 1. The highest BCUT2D eigenvalue weighted by molar-refractivity contribution is 6.08. The van der Waals surface area contributed by atoms with Crippen molar-refractivity contribution in [3.63, 3.8) is 0 Å². The van der Waals surface area contributed by atoms with Gasteiger partial charge in [0.05, 0.1) is 29.5 Å². The van der Waals surface area contributed by atoms with Gasteiger partial charge in [0.2, 0.25) is 0 Å². The van der Waals surface area contributed by atoms with Crippen LogP contribution in [0, 0.1) is 5.82 Å². The second-order valence-electron chi connectivity index (χ2n) is 5.12. The van der Waals surface area contributed by atoms with Crippen molar-refractivity contribution in [3.8, 4) is 11.3 Å². The molecule has 4 nitrogen and oxygen atoms in total. The zero-order valence-corrected chi connectivity index (χ0v) is 11.6. The summed E-state index contributed by atoms with van der Waals surface area (Å²) in [6, 6.07) is 13.6. The van der Waals surface area contributed by atoms with Gasteiger partial charge in [-0.15, -0.1) is 0 Å². The van der Waals surface area contributed by atoms with E-state index in [2.05, 4.69) is 4.98 Å². The van der Waals surface area contributed by atoms with Crippen LogP contribution in [-0.2, 0) is 6.67 Å². The van der Waals surface area contributed by atoms with Crippen LogP contribution in [0.25, 0.3) is 11.3 Å². The van der Waals surface area contributed by atoms with E-state index in [0.29, 0.717) is 6.67 Å². The molecule has 1 aromatic heterocycles. The van der Waals surface area contributed by atoms with Crippen molar-refractivity contribution in [1.82, 2.24) is 9.55 Å². The van der Waals surface area contributed by atoms with Crippen LogP contribution in [0.15, 0.2) is 61.1 Å². The Morgan fingerprint density at radius 3 is 2.73 bits per heavy atom. The summed E-state index contributed by atoms with van der Waals surface area (Å²) >= 11 is 0. The van der Waals surface area contributed by atoms with E-state index in [0.717, 1.165) is 16.9 Å². The molecule has 0 bridgehead atoms. The summed E-state index contributed by atoms with van der Waals surface area (Å²) in [7, 11) is 0. The van der Waals surface area contributed by atoms with Crippen molar-refractivity contribution >= 4 is 11.6 Å². The number of aromatic nitrogens is 2. The summed E-state index contributed by atoms with van der Waals surface area (Å²) in [6.45, 7) is 0.319. The van der Waals surface area contributed by atoms with Gasteiger partial charge in [-0.05, 0) is 18.2 Å². The van der Waals surface area contributed by atoms with E-state index in [-0.39, 0.29) is 11.5 Å². The number of nitrogens with zero attached hydrogens (tertiary/aromatic N) is 3. The molecule has 0 saturated heterocycles. The molecule has 1 amide bonds. The molecular formula is C17H12FN3O. The predicted octanol–water partition coefficient (Wildman–Crippen LogP) is 3.31. The first-order valence-electron chi connectivity index (χ1n) is 6.91. The van der Waals surface area contributed by atoms with Gasteiger partial charge in [0.25, 0.3) is 5.91 Å². The number of anilines is 1. The number of amides is 1. The lowest BCUT2D eigenvalue weighted by molar-refractivity contribution is 0.0975. The fraction of sp³-hybridized carbons (Fsp3) is 0.0588. The first-order chi connectivity index (χ1) is 10.8. The van der Waals surface area contributed by atoms with Crippen molar-refractivity contribution in [2.45, 2.75) is 6.67 Å². The molecule has 0 spiro atoms. The minimum Gasteiger partial charge on any atom is -0.311 e. The summed E-state index contributed by atoms with van der Waals surface area (Å²) in [5.74, 6) is -0.869. The molecule has 0 N–H and O–H groups in total. The number of benzene rings is 2. The molecule has 5 heteroatoms. The summed E-state index contributed by atoms with van der Waals surface area (Å²) in [6.07, 6.45) is 3.44. The van der Waals surface area contributed by atoms with Gasteiger partial charge < -0.3 is 4.57 Å². The molecule has 1 aliphatic rings. The minimum absolute atomic E-state index is 0.0702. The monoisotopic (exact) mass is 293 g/mol. The highest BCUT2D eigenvalue weighted by Crippen LogP contribution is 2.36. The number of carbonyl (C=O) groups is 1. The summed E-state index contributed by atoms with van der Waals surface area (Å²) in [5.41, 5.74) is 2.70. The Balaban J connectivity index is 1.84. The highest BCUT2D eigenvalue weighted by atomic mass is 19.1. The van der Waals surface area contributed by atoms with Crippen LogP contribution in [0.2, 0.25) is 0 Å². The maximum atomic E-state index is 13.9. The van der Waals surface area contributed by atoms with E-state index < -0.39 is 5.82 Å². The van der Waals surface area contributed by atoms with Gasteiger partial charge in [-0.2, -0.15) is 0 Å². The van der Waals surface area contributed by atoms with Crippen molar-refractivity contribution in [1.29, 1.82) is 0 Å². The van der Waals surface area contributed by atoms with Gasteiger partial charge in [-0.3, -0.25) is 9.69 Å². The third-order valence-corrected chi connectivity index (χ3v) is 3.83. The second kappa shape index (κ2) is 4.80. The highest BCUT2D eigenvalue weighted by Gasteiger charge is 2.28. The van der Waals surface area contributed by atoms with Crippen molar-refractivity contribution in [3.05, 3.63) is 72.4 Å². The first-order valence-corrected chi connectivity index (χ1v) is 6.91. The van der Waals surface area contributed by atoms with Crippen LogP contribution in [-0.4, -0.2) is 15.5 Å². The van der Waals surface area contributed by atoms with Gasteiger partial charge >= 0.3 is 0 Å². The second-order valence-corrected chi connectivity index (χ2v) is 5.12. The molecule has 108 valence electrons. The average Bonchev–Trinajstić information content (AvgIpc) is 3.03. The zero-order valence-electron chi connectivity index (χ0n) is 11.6. The Morgan fingerprint density at radius 1 is 1.09 bits per heavy atom. The van der Waals surface area contributed by atoms with Gasteiger partial charge in [-0.1, -0.05) is 30.3 Å². The van der Waals surface area contributed by atoms with Crippen LogP contribution >= 0.6 is 0 Å². The number of rotatable bonds is 1. The summed E-state index contributed by atoms with van der Waals surface area (Å²) < 4.78 is 15.8. The van der Waals surface area contributed by atoms with E-state index in [1.165, 1.54) is 12.1 Å². The molecule has 0 radical (unpaired) electrons. The lowest BCUT2D eigenvalue weighted by Gasteiger charge is -2.30. The van der Waals surface area contributed by atoms with Crippen LogP contribution in [0.4, 0.5) is 10.1 Å². The normalized spacial score (nSPS) is 12.7. The lowest BCUT2D eigenvalue weighted by atomic mass is 10.1. The topological polar surface area (TPSA) is 38.1 Å². The molecule has 2 aromatic carbocycles. The van der Waals surface area contributed by atoms with Gasteiger partial charge in [0, 0.05) is 5.56 Å². The number of para-hydroxylation sites is 1. The minimum atomic E-state index is -0.513. The lowest BCUT2D eigenvalue weighted by Crippen LogP contribution is -2.36. The predicted molar refractivity (Wildman–Crippen MR) is 80.9 cm³/mol. The molecule has 1 aliphatic heterocycles. The largest absolute Gasteiger partial charge is 0.311 e. The van der Waals surface area contributed by atoms with E-state index in [9.17, 15) is 9.18 Å². The molecule has 0 fully saturated rings. The third-order valence-electron chi connectivity index (χ3n) is 3.83. The first kappa shape index (κ1) is 12.8. The van der Waals surface area contributed by atoms with Crippen molar-refractivity contribution < 1.29 is 9.18 Å². The standard InChI is InChI=1S/C17H12FN3O/c18-14-7-3-1-5-12(14)17(22)21-11-20-10-19-9-16(20)13-6-2-4-8-15(13)21/h1-10H,11H2. The van der Waals surface area contributed by atoms with E-state index in [1.807, 2.05) is 28.8 Å². The van der Waals surface area contributed by atoms with E-state index >= 15 is 0 Å². The molecule has 2 heterocycles. The summed E-state index contributed by atoms with van der Waals surface area (Å²) in [5, 5.41) is 0. The molecule has 0 saturated carbocycles. The van der Waals surface area contributed by atoms with Crippen molar-refractivity contribution in [2.24, 2.45) is 0 Å². The van der Waals surface area contributed by atoms with Crippen LogP contribution in [0.1, 0.15) is 10.4 Å². The fourth-order valence-corrected chi connectivity index (χ4v) is 2.77. The van der Waals surface area contributed by atoms with Crippen LogP contribution in [0.3, 0.4) is 0 Å². The maximum absolute atomic E-state index is 13.9. The van der Waals surface area contributed by atoms with Crippen LogP contribution in [0.5, 0.6) is 0 Å². The average molecular weight is 293 g/mol.